The van der Waals surface area contributed by atoms with Crippen LogP contribution >= 0.6 is 39.1 Å². The SMILES string of the molecule is COc1ccc(Br)c(CNc2cc(Cl)cc(Cl)c2)c1OCc1ccc(C)cc1. The molecule has 1 N–H and O–H groups in total. The van der Waals surface area contributed by atoms with Crippen LogP contribution in [0.15, 0.2) is 59.1 Å². The molecule has 0 heterocycles. The monoisotopic (exact) mass is 479 g/mol. The third kappa shape index (κ3) is 5.34. The fourth-order valence-corrected chi connectivity index (χ4v) is 3.73. The van der Waals surface area contributed by atoms with Gasteiger partial charge in [-0.25, -0.2) is 0 Å². The summed E-state index contributed by atoms with van der Waals surface area (Å²) in [4.78, 5) is 0. The molecule has 0 fully saturated rings. The van der Waals surface area contributed by atoms with E-state index in [9.17, 15) is 0 Å². The van der Waals surface area contributed by atoms with E-state index in [1.165, 1.54) is 5.56 Å². The normalized spacial score (nSPS) is 10.6. The van der Waals surface area contributed by atoms with E-state index in [1.54, 1.807) is 13.2 Å². The third-order valence-corrected chi connectivity index (χ3v) is 5.40. The second-order valence-corrected chi connectivity index (χ2v) is 8.07. The van der Waals surface area contributed by atoms with E-state index in [-0.39, 0.29) is 0 Å². The molecule has 0 saturated heterocycles. The Bertz CT molecular complexity index is 941. The Balaban J connectivity index is 1.83. The Morgan fingerprint density at radius 1 is 0.964 bits per heavy atom. The minimum absolute atomic E-state index is 0.448. The van der Waals surface area contributed by atoms with E-state index in [1.807, 2.05) is 24.3 Å². The highest BCUT2D eigenvalue weighted by Gasteiger charge is 2.15. The smallest absolute Gasteiger partial charge is 0.167 e. The Morgan fingerprint density at radius 3 is 2.29 bits per heavy atom. The molecule has 28 heavy (non-hydrogen) atoms. The van der Waals surface area contributed by atoms with Gasteiger partial charge in [-0.1, -0.05) is 69.0 Å². The molecule has 6 heteroatoms. The van der Waals surface area contributed by atoms with Gasteiger partial charge in [0, 0.05) is 32.3 Å². The predicted octanol–water partition coefficient (Wildman–Crippen LogP) is 7.26. The fraction of sp³-hybridized carbons (Fsp3) is 0.182. The molecule has 0 amide bonds. The molecule has 0 atom stereocenters. The van der Waals surface area contributed by atoms with Crippen molar-refractivity contribution < 1.29 is 9.47 Å². The number of hydrogen-bond donors (Lipinski definition) is 1. The van der Waals surface area contributed by atoms with Gasteiger partial charge in [-0.05, 0) is 42.8 Å². The van der Waals surface area contributed by atoms with Crippen molar-refractivity contribution in [1.29, 1.82) is 0 Å². The molecule has 0 radical (unpaired) electrons. The van der Waals surface area contributed by atoms with Crippen LogP contribution in [0.1, 0.15) is 16.7 Å². The number of anilines is 1. The maximum Gasteiger partial charge on any atom is 0.167 e. The summed E-state index contributed by atoms with van der Waals surface area (Å²) in [7, 11) is 1.63. The molecular formula is C22H20BrCl2NO2. The summed E-state index contributed by atoms with van der Waals surface area (Å²) in [6.45, 7) is 3.02. The van der Waals surface area contributed by atoms with Crippen molar-refractivity contribution in [2.45, 2.75) is 20.1 Å². The summed E-state index contributed by atoms with van der Waals surface area (Å²) in [5.41, 5.74) is 4.08. The summed E-state index contributed by atoms with van der Waals surface area (Å²) in [5, 5.41) is 4.50. The molecule has 3 aromatic rings. The van der Waals surface area contributed by atoms with Gasteiger partial charge in [0.2, 0.25) is 0 Å². The third-order valence-electron chi connectivity index (χ3n) is 4.22. The Morgan fingerprint density at radius 2 is 1.64 bits per heavy atom. The van der Waals surface area contributed by atoms with Crippen LogP contribution in [0.25, 0.3) is 0 Å². The first-order chi connectivity index (χ1) is 13.5. The van der Waals surface area contributed by atoms with Crippen LogP contribution in [0.5, 0.6) is 11.5 Å². The van der Waals surface area contributed by atoms with Crippen LogP contribution in [-0.4, -0.2) is 7.11 Å². The van der Waals surface area contributed by atoms with Gasteiger partial charge in [0.1, 0.15) is 6.61 Å². The van der Waals surface area contributed by atoms with E-state index >= 15 is 0 Å². The van der Waals surface area contributed by atoms with Crippen LogP contribution in [0.3, 0.4) is 0 Å². The Kier molecular flexibility index (Phi) is 7.11. The first-order valence-corrected chi connectivity index (χ1v) is 10.2. The standard InChI is InChI=1S/C22H20BrCl2NO2/c1-14-3-5-15(6-4-14)13-28-22-19(20(23)7-8-21(22)27-2)12-26-18-10-16(24)9-17(25)11-18/h3-11,26H,12-13H2,1-2H3. The van der Waals surface area contributed by atoms with E-state index < -0.39 is 0 Å². The zero-order chi connectivity index (χ0) is 20.1. The minimum Gasteiger partial charge on any atom is -0.493 e. The lowest BCUT2D eigenvalue weighted by atomic mass is 10.1. The van der Waals surface area contributed by atoms with Crippen molar-refractivity contribution in [2.24, 2.45) is 0 Å². The van der Waals surface area contributed by atoms with Gasteiger partial charge in [-0.15, -0.1) is 0 Å². The van der Waals surface area contributed by atoms with Crippen molar-refractivity contribution in [3.63, 3.8) is 0 Å². The summed E-state index contributed by atoms with van der Waals surface area (Å²) in [6.07, 6.45) is 0. The lowest BCUT2D eigenvalue weighted by Gasteiger charge is -2.18. The van der Waals surface area contributed by atoms with Gasteiger partial charge in [-0.2, -0.15) is 0 Å². The van der Waals surface area contributed by atoms with Crippen molar-refractivity contribution >= 4 is 44.8 Å². The van der Waals surface area contributed by atoms with Gasteiger partial charge in [-0.3, -0.25) is 0 Å². The number of benzene rings is 3. The summed E-state index contributed by atoms with van der Waals surface area (Å²) < 4.78 is 12.6. The number of nitrogens with one attached hydrogen (secondary N) is 1. The van der Waals surface area contributed by atoms with E-state index in [2.05, 4.69) is 52.4 Å². The summed E-state index contributed by atoms with van der Waals surface area (Å²) in [5.74, 6) is 1.37. The van der Waals surface area contributed by atoms with Gasteiger partial charge in [0.15, 0.2) is 11.5 Å². The minimum atomic E-state index is 0.448. The van der Waals surface area contributed by atoms with Gasteiger partial charge in [0.05, 0.1) is 7.11 Å². The number of aryl methyl sites for hydroxylation is 1. The lowest BCUT2D eigenvalue weighted by molar-refractivity contribution is 0.281. The molecule has 3 aromatic carbocycles. The van der Waals surface area contributed by atoms with Crippen LogP contribution in [0.4, 0.5) is 5.69 Å². The highest BCUT2D eigenvalue weighted by atomic mass is 79.9. The van der Waals surface area contributed by atoms with E-state index in [0.29, 0.717) is 34.7 Å². The molecule has 146 valence electrons. The van der Waals surface area contributed by atoms with Crippen molar-refractivity contribution in [3.05, 3.63) is 85.8 Å². The van der Waals surface area contributed by atoms with E-state index in [4.69, 9.17) is 32.7 Å². The second kappa shape index (κ2) is 9.55. The summed E-state index contributed by atoms with van der Waals surface area (Å²) >= 11 is 15.8. The van der Waals surface area contributed by atoms with Gasteiger partial charge in [0.25, 0.3) is 0 Å². The molecule has 0 saturated carbocycles. The zero-order valence-corrected chi connectivity index (χ0v) is 18.7. The van der Waals surface area contributed by atoms with Gasteiger partial charge >= 0.3 is 0 Å². The molecule has 3 nitrogen and oxygen atoms in total. The van der Waals surface area contributed by atoms with Crippen LogP contribution < -0.4 is 14.8 Å². The first-order valence-electron chi connectivity index (χ1n) is 8.70. The number of rotatable bonds is 7. The molecule has 0 aromatic heterocycles. The van der Waals surface area contributed by atoms with Crippen LogP contribution in [0.2, 0.25) is 10.0 Å². The lowest BCUT2D eigenvalue weighted by Crippen LogP contribution is -2.06. The Labute approximate surface area is 183 Å². The molecule has 0 unspecified atom stereocenters. The number of hydrogen-bond acceptors (Lipinski definition) is 3. The second-order valence-electron chi connectivity index (χ2n) is 6.34. The number of halogens is 3. The highest BCUT2D eigenvalue weighted by Crippen LogP contribution is 2.37. The molecule has 0 aliphatic carbocycles. The molecule has 3 rings (SSSR count). The molecule has 0 aliphatic heterocycles. The number of methoxy groups -OCH3 is 1. The topological polar surface area (TPSA) is 30.5 Å². The highest BCUT2D eigenvalue weighted by molar-refractivity contribution is 9.10. The van der Waals surface area contributed by atoms with Crippen molar-refractivity contribution in [2.75, 3.05) is 12.4 Å². The van der Waals surface area contributed by atoms with Crippen LogP contribution in [0, 0.1) is 6.92 Å². The quantitative estimate of drug-likeness (QED) is 0.385. The number of ether oxygens (including phenoxy) is 2. The maximum atomic E-state index is 6.15. The molecule has 0 spiro atoms. The van der Waals surface area contributed by atoms with Crippen LogP contribution in [-0.2, 0) is 13.2 Å². The molecule has 0 bridgehead atoms. The fourth-order valence-electron chi connectivity index (χ4n) is 2.75. The Hall–Kier alpha value is -1.88. The van der Waals surface area contributed by atoms with Crippen molar-refractivity contribution in [1.82, 2.24) is 0 Å². The zero-order valence-electron chi connectivity index (χ0n) is 15.6. The maximum absolute atomic E-state index is 6.15. The summed E-state index contributed by atoms with van der Waals surface area (Å²) in [6, 6.07) is 17.4. The van der Waals surface area contributed by atoms with Gasteiger partial charge < -0.3 is 14.8 Å². The predicted molar refractivity (Wildman–Crippen MR) is 120 cm³/mol. The average molecular weight is 481 g/mol. The molecular weight excluding hydrogens is 461 g/mol. The average Bonchev–Trinajstić information content (AvgIpc) is 2.66. The first kappa shape index (κ1) is 20.8. The van der Waals surface area contributed by atoms with E-state index in [0.717, 1.165) is 21.3 Å². The van der Waals surface area contributed by atoms with Crippen molar-refractivity contribution in [3.8, 4) is 11.5 Å². The molecule has 0 aliphatic rings. The largest absolute Gasteiger partial charge is 0.493 e.